The molecule has 0 heterocycles. The van der Waals surface area contributed by atoms with Gasteiger partial charge in [-0.05, 0) is 61.6 Å². The van der Waals surface area contributed by atoms with Crippen LogP contribution in [-0.4, -0.2) is 43.8 Å². The summed E-state index contributed by atoms with van der Waals surface area (Å²) in [5, 5.41) is 3.51. The van der Waals surface area contributed by atoms with Gasteiger partial charge in [-0.2, -0.15) is 0 Å². The molecular weight excluding hydrogens is 546 g/mol. The van der Waals surface area contributed by atoms with Crippen molar-refractivity contribution < 1.29 is 18.0 Å². The van der Waals surface area contributed by atoms with Crippen LogP contribution in [0, 0.1) is 6.92 Å². The molecule has 1 atom stereocenters. The summed E-state index contributed by atoms with van der Waals surface area (Å²) in [6, 6.07) is 21.7. The zero-order chi connectivity index (χ0) is 28.7. The van der Waals surface area contributed by atoms with Gasteiger partial charge >= 0.3 is 0 Å². The minimum absolute atomic E-state index is 0.0557. The number of benzene rings is 3. The Morgan fingerprint density at radius 3 is 2.20 bits per heavy atom. The van der Waals surface area contributed by atoms with Crippen LogP contribution in [0.3, 0.4) is 0 Å². The summed E-state index contributed by atoms with van der Waals surface area (Å²) in [5.41, 5.74) is 1.91. The zero-order valence-electron chi connectivity index (χ0n) is 22.9. The van der Waals surface area contributed by atoms with Gasteiger partial charge in [0, 0.05) is 17.6 Å². The molecule has 1 aliphatic rings. The molecule has 40 heavy (non-hydrogen) atoms. The molecule has 1 aliphatic carbocycles. The van der Waals surface area contributed by atoms with Crippen molar-refractivity contribution in [2.24, 2.45) is 0 Å². The van der Waals surface area contributed by atoms with Crippen molar-refractivity contribution in [2.75, 3.05) is 10.8 Å². The second-order valence-corrected chi connectivity index (χ2v) is 12.4. The summed E-state index contributed by atoms with van der Waals surface area (Å²) in [6.45, 7) is 3.37. The number of hydrogen-bond acceptors (Lipinski definition) is 4. The maximum Gasteiger partial charge on any atom is 0.264 e. The standard InChI is InChI=1S/C31H36ClN3O4S/c1-3-29(31(37)33-25-14-10-11-15-25)34(21-24-12-6-4-7-13-24)30(36)22-35(26-19-18-23(2)28(32)20-26)40(38,39)27-16-8-5-9-17-27/h4-9,12-13,16-20,25,29H,3,10-11,14-15,21-22H2,1-2H3,(H,33,37)/t29-/m0/s1. The van der Waals surface area contributed by atoms with E-state index in [1.807, 2.05) is 44.2 Å². The first kappa shape index (κ1) is 29.6. The molecule has 0 aromatic heterocycles. The lowest BCUT2D eigenvalue weighted by molar-refractivity contribution is -0.140. The summed E-state index contributed by atoms with van der Waals surface area (Å²) >= 11 is 6.39. The van der Waals surface area contributed by atoms with Gasteiger partial charge in [-0.25, -0.2) is 8.42 Å². The Labute approximate surface area is 242 Å². The average molecular weight is 582 g/mol. The van der Waals surface area contributed by atoms with Crippen LogP contribution in [0.15, 0.2) is 83.8 Å². The van der Waals surface area contributed by atoms with Crippen molar-refractivity contribution in [2.45, 2.75) is 69.5 Å². The predicted octanol–water partition coefficient (Wildman–Crippen LogP) is 5.71. The molecule has 0 radical (unpaired) electrons. The van der Waals surface area contributed by atoms with E-state index in [1.165, 1.54) is 17.0 Å². The van der Waals surface area contributed by atoms with E-state index in [1.54, 1.807) is 36.4 Å². The van der Waals surface area contributed by atoms with Gasteiger partial charge in [0.15, 0.2) is 0 Å². The van der Waals surface area contributed by atoms with Gasteiger partial charge in [0.1, 0.15) is 12.6 Å². The third-order valence-electron chi connectivity index (χ3n) is 7.34. The minimum Gasteiger partial charge on any atom is -0.352 e. The quantitative estimate of drug-likeness (QED) is 0.314. The van der Waals surface area contributed by atoms with E-state index in [2.05, 4.69) is 5.32 Å². The molecule has 4 rings (SSSR count). The molecule has 0 unspecified atom stereocenters. The first-order valence-electron chi connectivity index (χ1n) is 13.7. The van der Waals surface area contributed by atoms with Gasteiger partial charge in [-0.1, -0.05) is 86.0 Å². The van der Waals surface area contributed by atoms with E-state index < -0.39 is 28.5 Å². The Morgan fingerprint density at radius 2 is 1.60 bits per heavy atom. The van der Waals surface area contributed by atoms with Crippen LogP contribution in [0.2, 0.25) is 5.02 Å². The van der Waals surface area contributed by atoms with Crippen molar-refractivity contribution in [3.8, 4) is 0 Å². The van der Waals surface area contributed by atoms with Crippen molar-refractivity contribution in [1.82, 2.24) is 10.2 Å². The summed E-state index contributed by atoms with van der Waals surface area (Å²) in [7, 11) is -4.13. The van der Waals surface area contributed by atoms with Crippen molar-refractivity contribution in [3.05, 3.63) is 95.0 Å². The summed E-state index contributed by atoms with van der Waals surface area (Å²) in [6.07, 6.45) is 4.37. The summed E-state index contributed by atoms with van der Waals surface area (Å²) in [4.78, 5) is 29.1. The van der Waals surface area contributed by atoms with Gasteiger partial charge in [0.25, 0.3) is 10.0 Å². The Morgan fingerprint density at radius 1 is 0.975 bits per heavy atom. The molecule has 1 N–H and O–H groups in total. The van der Waals surface area contributed by atoms with Crippen LogP contribution in [0.25, 0.3) is 0 Å². The lowest BCUT2D eigenvalue weighted by Gasteiger charge is -2.34. The largest absolute Gasteiger partial charge is 0.352 e. The normalized spacial score (nSPS) is 14.5. The lowest BCUT2D eigenvalue weighted by Crippen LogP contribution is -2.53. The molecular formula is C31H36ClN3O4S. The highest BCUT2D eigenvalue weighted by atomic mass is 35.5. The summed E-state index contributed by atoms with van der Waals surface area (Å²) < 4.78 is 28.8. The highest BCUT2D eigenvalue weighted by molar-refractivity contribution is 7.92. The Hall–Kier alpha value is -3.36. The van der Waals surface area contributed by atoms with E-state index in [4.69, 9.17) is 11.6 Å². The second-order valence-electron chi connectivity index (χ2n) is 10.2. The highest BCUT2D eigenvalue weighted by Crippen LogP contribution is 2.29. The molecule has 212 valence electrons. The number of nitrogens with one attached hydrogen (secondary N) is 1. The van der Waals surface area contributed by atoms with Crippen LogP contribution < -0.4 is 9.62 Å². The molecule has 0 spiro atoms. The number of amides is 2. The van der Waals surface area contributed by atoms with E-state index in [-0.39, 0.29) is 29.1 Å². The second kappa shape index (κ2) is 13.3. The molecule has 7 nitrogen and oxygen atoms in total. The fraction of sp³-hybridized carbons (Fsp3) is 0.355. The van der Waals surface area contributed by atoms with E-state index in [9.17, 15) is 18.0 Å². The van der Waals surface area contributed by atoms with E-state index >= 15 is 0 Å². The maximum absolute atomic E-state index is 14.1. The Bertz CT molecular complexity index is 1410. The third kappa shape index (κ3) is 7.04. The van der Waals surface area contributed by atoms with Crippen molar-refractivity contribution in [1.29, 1.82) is 0 Å². The predicted molar refractivity (Wildman–Crippen MR) is 159 cm³/mol. The number of aryl methyl sites for hydroxylation is 1. The van der Waals surface area contributed by atoms with Crippen molar-refractivity contribution >= 4 is 39.1 Å². The van der Waals surface area contributed by atoms with Crippen LogP contribution in [0.4, 0.5) is 5.69 Å². The van der Waals surface area contributed by atoms with Crippen LogP contribution in [0.1, 0.15) is 50.2 Å². The van der Waals surface area contributed by atoms with Crippen LogP contribution in [0.5, 0.6) is 0 Å². The maximum atomic E-state index is 14.1. The Balaban J connectivity index is 1.71. The molecule has 1 fully saturated rings. The zero-order valence-corrected chi connectivity index (χ0v) is 24.5. The highest BCUT2D eigenvalue weighted by Gasteiger charge is 2.34. The van der Waals surface area contributed by atoms with Crippen LogP contribution >= 0.6 is 11.6 Å². The Kier molecular flexibility index (Phi) is 9.87. The monoisotopic (exact) mass is 581 g/mol. The van der Waals surface area contributed by atoms with Gasteiger partial charge in [0.05, 0.1) is 10.6 Å². The number of sulfonamides is 1. The topological polar surface area (TPSA) is 86.8 Å². The number of carbonyl (C=O) groups is 2. The average Bonchev–Trinajstić information content (AvgIpc) is 3.47. The fourth-order valence-electron chi connectivity index (χ4n) is 5.05. The SMILES string of the molecule is CC[C@@H](C(=O)NC1CCCC1)N(Cc1ccccc1)C(=O)CN(c1ccc(C)c(Cl)c1)S(=O)(=O)c1ccccc1. The van der Waals surface area contributed by atoms with Gasteiger partial charge in [-0.3, -0.25) is 13.9 Å². The number of halogens is 1. The third-order valence-corrected chi connectivity index (χ3v) is 9.53. The molecule has 0 aliphatic heterocycles. The first-order valence-corrected chi connectivity index (χ1v) is 15.5. The molecule has 3 aromatic carbocycles. The number of nitrogens with zero attached hydrogens (tertiary/aromatic N) is 2. The van der Waals surface area contributed by atoms with Gasteiger partial charge in [-0.15, -0.1) is 0 Å². The van der Waals surface area contributed by atoms with Gasteiger partial charge < -0.3 is 10.2 Å². The number of hydrogen-bond donors (Lipinski definition) is 1. The molecule has 2 amide bonds. The molecule has 0 saturated heterocycles. The molecule has 3 aromatic rings. The number of rotatable bonds is 11. The van der Waals surface area contributed by atoms with E-state index in [0.717, 1.165) is 41.1 Å². The summed E-state index contributed by atoms with van der Waals surface area (Å²) in [5.74, 6) is -0.692. The minimum atomic E-state index is -4.13. The molecule has 1 saturated carbocycles. The smallest absolute Gasteiger partial charge is 0.264 e. The van der Waals surface area contributed by atoms with Crippen LogP contribution in [-0.2, 0) is 26.2 Å². The van der Waals surface area contributed by atoms with E-state index in [0.29, 0.717) is 11.4 Å². The first-order chi connectivity index (χ1) is 19.2. The van der Waals surface area contributed by atoms with Crippen molar-refractivity contribution in [3.63, 3.8) is 0 Å². The lowest BCUT2D eigenvalue weighted by atomic mass is 10.1. The molecule has 9 heteroatoms. The number of carbonyl (C=O) groups excluding carboxylic acids is 2. The van der Waals surface area contributed by atoms with Gasteiger partial charge in [0.2, 0.25) is 11.8 Å². The molecule has 0 bridgehead atoms. The fourth-order valence-corrected chi connectivity index (χ4v) is 6.65. The number of anilines is 1.